The molecule has 0 aliphatic carbocycles. The molecular formula is C84H142N3O33S2-. The molecule has 0 unspecified atom stereocenters. The number of hydrogen-bond donors (Lipinski definition) is 2. The normalized spacial score (nSPS) is 14.1. The summed E-state index contributed by atoms with van der Waals surface area (Å²) in [6.07, 6.45) is 10.7. The molecule has 0 radical (unpaired) electrons. The fourth-order valence-corrected chi connectivity index (χ4v) is 13.1. The molecule has 0 spiro atoms. The Bertz CT molecular complexity index is 3120. The zero-order valence-electron chi connectivity index (χ0n) is 72.9. The minimum atomic E-state index is -4.72. The summed E-state index contributed by atoms with van der Waals surface area (Å²) in [5.74, 6) is -0.899. The number of nitrogens with zero attached hydrogens (tertiary/aromatic N) is 2. The maximum atomic E-state index is 12.8. The van der Waals surface area contributed by atoms with Crippen LogP contribution in [0.4, 0.5) is 11.4 Å². The highest BCUT2D eigenvalue weighted by Crippen LogP contribution is 2.49. The largest absolute Gasteiger partial charge is 0.744 e. The van der Waals surface area contributed by atoms with E-state index < -0.39 is 26.9 Å². The van der Waals surface area contributed by atoms with E-state index in [-0.39, 0.29) is 17.2 Å². The second kappa shape index (κ2) is 74.4. The maximum absolute atomic E-state index is 12.8. The van der Waals surface area contributed by atoms with Gasteiger partial charge in [-0.3, -0.25) is 14.6 Å². The van der Waals surface area contributed by atoms with Crippen molar-refractivity contribution in [3.8, 4) is 0 Å². The van der Waals surface area contributed by atoms with E-state index in [0.717, 1.165) is 66.1 Å². The molecule has 0 saturated heterocycles. The van der Waals surface area contributed by atoms with Crippen LogP contribution in [0.2, 0.25) is 0 Å². The summed E-state index contributed by atoms with van der Waals surface area (Å²) in [5, 5.41) is 26.4. The number of carbonyl (C=O) groups excluding carboxylic acids is 1. The molecule has 0 atom stereocenters. The third kappa shape index (κ3) is 54.0. The summed E-state index contributed by atoms with van der Waals surface area (Å²) in [4.78, 5) is 26.5. The fourth-order valence-electron chi connectivity index (χ4n) is 12.2. The van der Waals surface area contributed by atoms with Crippen molar-refractivity contribution >= 4 is 51.1 Å². The lowest BCUT2D eigenvalue weighted by Crippen LogP contribution is -2.28. The highest BCUT2D eigenvalue weighted by molar-refractivity contribution is 7.94. The Morgan fingerprint density at radius 2 is 0.779 bits per heavy atom. The first-order valence-electron chi connectivity index (χ1n) is 42.6. The number of carboxylic acids is 1. The number of unbranched alkanes of at least 4 members (excludes halogenated alkanes) is 4. The van der Waals surface area contributed by atoms with Crippen LogP contribution in [0.5, 0.6) is 0 Å². The zero-order chi connectivity index (χ0) is 87.6. The van der Waals surface area contributed by atoms with Crippen molar-refractivity contribution in [2.75, 3.05) is 342 Å². The van der Waals surface area contributed by atoms with Crippen LogP contribution < -0.4 is 15.5 Å². The lowest BCUT2D eigenvalue weighted by molar-refractivity contribution is -0.777. The Balaban J connectivity index is 0.817. The number of benzene rings is 2. The van der Waals surface area contributed by atoms with Crippen molar-refractivity contribution < 1.29 is 161 Å². The Labute approximate surface area is 726 Å². The second-order valence-electron chi connectivity index (χ2n) is 28.3. The molecule has 2 heterocycles. The number of rotatable bonds is 90. The van der Waals surface area contributed by atoms with Gasteiger partial charge in [-0.1, -0.05) is 26.3 Å². The van der Waals surface area contributed by atoms with Crippen molar-refractivity contribution in [2.24, 2.45) is 0 Å². The van der Waals surface area contributed by atoms with E-state index in [9.17, 15) is 32.9 Å². The number of carboxylic acid groups (broad SMARTS) is 1. The van der Waals surface area contributed by atoms with Crippen molar-refractivity contribution in [1.29, 1.82) is 0 Å². The van der Waals surface area contributed by atoms with E-state index in [2.05, 4.69) is 44.1 Å². The predicted octanol–water partition coefficient (Wildman–Crippen LogP) is 5.79. The Morgan fingerprint density at radius 1 is 0.434 bits per heavy atom. The average Bonchev–Trinajstić information content (AvgIpc) is 1.59. The van der Waals surface area contributed by atoms with Crippen LogP contribution in [0, 0.1) is 0 Å². The standard InChI is InChI=1S/C84H143N3O33S2/c1-83(2)75-71-73(121-120-119-91)17-19-77(75)86(23-11-7-9-16-82(89)90)79(83)13-12-14-80-84(3,4)76-72-74(122(92,93)94)18-20-78(76)87(80)22-10-6-8-15-81(88)85-21-24-96-27-28-98-31-32-100-35-36-102-39-40-104-43-44-106-47-48-108-51-52-110-55-56-112-59-60-114-63-64-116-67-68-118-70-69-117-66-65-115-62-61-113-58-57-111-54-53-109-50-49-107-46-45-105-42-41-103-38-37-101-34-33-99-30-29-97-26-25-95-5/h12-14,17-20,71-72H,6-11,15-16,21-70H2,1-5H3,(H3-,85,88,89,90,91,92,93,94)/p-1. The molecule has 2 aliphatic heterocycles. The molecule has 2 aliphatic rings. The van der Waals surface area contributed by atoms with E-state index >= 15 is 0 Å². The SMILES string of the molecule is COCCOCCOCCOCCOCCOCCOCCOCCOCCOCCOCCOCCOCCOCCOCCOCCOCCOCCOCCOCCOCCOCCOCCOCCNC(=O)CCCCCN1C(=CC=CC2=[N+](CCCCCC(=O)O)c3ccc(SOO[O-])cc3C2(C)C)C(C)(C)c2cc(S(=O)(=O)[O-])ccc21. The smallest absolute Gasteiger partial charge is 0.303 e. The van der Waals surface area contributed by atoms with Gasteiger partial charge in [0.05, 0.1) is 333 Å². The van der Waals surface area contributed by atoms with E-state index in [1.165, 1.54) is 12.1 Å². The predicted molar refractivity (Wildman–Crippen MR) is 448 cm³/mol. The highest BCUT2D eigenvalue weighted by atomic mass is 32.2. The van der Waals surface area contributed by atoms with Gasteiger partial charge in [-0.05, 0) is 81.5 Å². The summed E-state index contributed by atoms with van der Waals surface area (Å²) < 4.78 is 176. The van der Waals surface area contributed by atoms with Gasteiger partial charge >= 0.3 is 5.97 Å². The third-order valence-electron chi connectivity index (χ3n) is 18.4. The van der Waals surface area contributed by atoms with E-state index in [0.29, 0.717) is 360 Å². The molecule has 0 bridgehead atoms. The summed E-state index contributed by atoms with van der Waals surface area (Å²) in [7, 11) is -3.08. The van der Waals surface area contributed by atoms with Crippen molar-refractivity contribution in [1.82, 2.24) is 5.32 Å². The van der Waals surface area contributed by atoms with Gasteiger partial charge in [0.15, 0.2) is 5.71 Å². The summed E-state index contributed by atoms with van der Waals surface area (Å²) in [5.41, 5.74) is 4.24. The number of amides is 1. The molecule has 1 amide bonds. The number of hydrogen-bond acceptors (Lipinski definition) is 34. The molecule has 2 aromatic carbocycles. The van der Waals surface area contributed by atoms with Crippen LogP contribution in [0.1, 0.15) is 90.2 Å². The van der Waals surface area contributed by atoms with Gasteiger partial charge in [-0.25, -0.2) is 8.42 Å². The number of allylic oxidation sites excluding steroid dienone is 4. The highest BCUT2D eigenvalue weighted by Gasteiger charge is 2.45. The first-order chi connectivity index (χ1) is 59.6. The number of ether oxygens (including phenoxy) is 24. The Kier molecular flexibility index (Phi) is 67.0. The topological polar surface area (TPSA) is 393 Å². The molecule has 0 saturated carbocycles. The van der Waals surface area contributed by atoms with Crippen LogP contribution in [0.15, 0.2) is 70.1 Å². The molecular weight excluding hydrogens is 1640 g/mol. The lowest BCUT2D eigenvalue weighted by atomic mass is 9.81. The van der Waals surface area contributed by atoms with Gasteiger partial charge in [-0.15, -0.1) is 0 Å². The quantitative estimate of drug-likeness (QED) is 0.0198. The summed E-state index contributed by atoms with van der Waals surface area (Å²) in [6.45, 7) is 31.8. The molecule has 36 nitrogen and oxygen atoms in total. The van der Waals surface area contributed by atoms with Gasteiger partial charge in [0.25, 0.3) is 0 Å². The minimum absolute atomic E-state index is 0.0730. The molecule has 704 valence electrons. The number of fused-ring (bicyclic) bond motifs is 2. The van der Waals surface area contributed by atoms with Gasteiger partial charge in [-0.2, -0.15) is 8.91 Å². The van der Waals surface area contributed by atoms with Crippen LogP contribution in [0.3, 0.4) is 0 Å². The number of carbonyl (C=O) groups is 2. The fraction of sp³-hybridized carbons (Fsp3) is 0.774. The minimum Gasteiger partial charge on any atom is -0.744 e. The average molecular weight is 1790 g/mol. The first kappa shape index (κ1) is 110. The van der Waals surface area contributed by atoms with Gasteiger partial charge in [0.2, 0.25) is 11.6 Å². The molecule has 4 rings (SSSR count). The molecule has 38 heteroatoms. The Morgan fingerprint density at radius 3 is 1.12 bits per heavy atom. The summed E-state index contributed by atoms with van der Waals surface area (Å²) in [6, 6.07) is 10.3. The van der Waals surface area contributed by atoms with Crippen molar-refractivity contribution in [3.05, 3.63) is 71.5 Å². The van der Waals surface area contributed by atoms with Crippen LogP contribution in [-0.2, 0) is 154 Å². The zero-order valence-corrected chi connectivity index (χ0v) is 74.6. The third-order valence-corrected chi connectivity index (χ3v) is 19.8. The summed E-state index contributed by atoms with van der Waals surface area (Å²) >= 11 is 0.820. The molecule has 2 N–H and O–H groups in total. The number of methoxy groups -OCH3 is 1. The number of nitrogens with one attached hydrogen (secondary N) is 1. The number of aliphatic carboxylic acids is 1. The van der Waals surface area contributed by atoms with E-state index in [4.69, 9.17) is 114 Å². The van der Waals surface area contributed by atoms with Crippen molar-refractivity contribution in [2.45, 2.75) is 99.7 Å². The Hall–Kier alpha value is -4.49. The van der Waals surface area contributed by atoms with Gasteiger partial charge in [0.1, 0.15) is 16.7 Å². The van der Waals surface area contributed by atoms with Gasteiger partial charge in [0, 0.05) is 78.9 Å². The monoisotopic (exact) mass is 1780 g/mol. The maximum Gasteiger partial charge on any atom is 0.303 e. The number of anilines is 1. The van der Waals surface area contributed by atoms with Crippen LogP contribution in [0.25, 0.3) is 0 Å². The van der Waals surface area contributed by atoms with Gasteiger partial charge < -0.3 is 139 Å². The van der Waals surface area contributed by atoms with E-state index in [1.54, 1.807) is 13.2 Å². The first-order valence-corrected chi connectivity index (χ1v) is 44.7. The second-order valence-corrected chi connectivity index (χ2v) is 30.5. The van der Waals surface area contributed by atoms with Crippen LogP contribution in [-0.4, -0.2) is 378 Å². The van der Waals surface area contributed by atoms with Crippen LogP contribution >= 0.6 is 12.0 Å². The molecule has 0 aromatic heterocycles. The molecule has 0 fully saturated rings. The molecule has 2 aromatic rings. The van der Waals surface area contributed by atoms with Crippen molar-refractivity contribution in [3.63, 3.8) is 0 Å². The lowest BCUT2D eigenvalue weighted by Gasteiger charge is -2.27. The molecule has 122 heavy (non-hydrogen) atoms. The van der Waals surface area contributed by atoms with E-state index in [1.807, 2.05) is 44.2 Å².